The summed E-state index contributed by atoms with van der Waals surface area (Å²) in [4.78, 5) is 0.125. The number of aryl methyl sites for hydroxylation is 3. The molecule has 1 aromatic carbocycles. The van der Waals surface area contributed by atoms with Gasteiger partial charge in [0.2, 0.25) is 10.0 Å². The van der Waals surface area contributed by atoms with Crippen molar-refractivity contribution in [2.45, 2.75) is 32.2 Å². The van der Waals surface area contributed by atoms with Gasteiger partial charge in [0.15, 0.2) is 0 Å². The van der Waals surface area contributed by atoms with E-state index in [-0.39, 0.29) is 11.4 Å². The lowest BCUT2D eigenvalue weighted by molar-refractivity contribution is 0.578. The van der Waals surface area contributed by atoms with Gasteiger partial charge in [0.25, 0.3) is 0 Å². The summed E-state index contributed by atoms with van der Waals surface area (Å²) in [7, 11) is -3.69. The predicted octanol–water partition coefficient (Wildman–Crippen LogP) is 1.95. The zero-order valence-corrected chi connectivity index (χ0v) is 12.3. The highest BCUT2D eigenvalue weighted by molar-refractivity contribution is 7.89. The largest absolute Gasteiger partial charge is 0.283 e. The van der Waals surface area contributed by atoms with E-state index in [1.54, 1.807) is 20.0 Å². The lowest BCUT2D eigenvalue weighted by Crippen LogP contribution is -2.25. The highest BCUT2D eigenvalue weighted by Gasteiger charge is 2.20. The molecule has 2 rings (SSSR count). The molecule has 20 heavy (non-hydrogen) atoms. The van der Waals surface area contributed by atoms with Gasteiger partial charge < -0.3 is 0 Å². The Bertz CT molecular complexity index is 715. The lowest BCUT2D eigenvalue weighted by atomic mass is 10.1. The van der Waals surface area contributed by atoms with Crippen molar-refractivity contribution in [3.8, 4) is 0 Å². The van der Waals surface area contributed by atoms with Crippen molar-refractivity contribution in [3.05, 3.63) is 46.5 Å². The molecule has 7 heteroatoms. The number of hydrogen-bond donors (Lipinski definition) is 2. The normalized spacial score (nSPS) is 11.8. The van der Waals surface area contributed by atoms with Crippen LogP contribution >= 0.6 is 0 Å². The number of benzene rings is 1. The Labute approximate surface area is 117 Å². The van der Waals surface area contributed by atoms with Crippen LogP contribution in [-0.4, -0.2) is 18.6 Å². The van der Waals surface area contributed by atoms with Crippen molar-refractivity contribution >= 4 is 10.0 Å². The van der Waals surface area contributed by atoms with Crippen molar-refractivity contribution in [1.29, 1.82) is 0 Å². The number of nitrogens with one attached hydrogen (secondary N) is 2. The van der Waals surface area contributed by atoms with Gasteiger partial charge in [0.1, 0.15) is 5.82 Å². The van der Waals surface area contributed by atoms with Crippen LogP contribution < -0.4 is 4.72 Å². The van der Waals surface area contributed by atoms with Crippen LogP contribution in [0, 0.1) is 26.6 Å². The SMILES string of the molecule is Cc1cc(F)cc(C)c1S(=O)(=O)NCc1cn[nH]c1C. The predicted molar refractivity (Wildman–Crippen MR) is 73.2 cm³/mol. The van der Waals surface area contributed by atoms with E-state index in [1.807, 2.05) is 6.92 Å². The summed E-state index contributed by atoms with van der Waals surface area (Å²) in [6.07, 6.45) is 1.57. The fraction of sp³-hybridized carbons (Fsp3) is 0.308. The van der Waals surface area contributed by atoms with Crippen molar-refractivity contribution < 1.29 is 12.8 Å². The Kier molecular flexibility index (Phi) is 3.92. The van der Waals surface area contributed by atoms with Crippen LogP contribution in [-0.2, 0) is 16.6 Å². The number of nitrogens with zero attached hydrogens (tertiary/aromatic N) is 1. The first-order chi connectivity index (χ1) is 9.31. The Morgan fingerprint density at radius 1 is 1.25 bits per heavy atom. The summed E-state index contributed by atoms with van der Waals surface area (Å²) in [5.41, 5.74) is 2.35. The summed E-state index contributed by atoms with van der Waals surface area (Å²) in [5, 5.41) is 6.57. The molecule has 0 saturated carbocycles. The number of aromatic nitrogens is 2. The van der Waals surface area contributed by atoms with Gasteiger partial charge in [-0.2, -0.15) is 5.10 Å². The van der Waals surface area contributed by atoms with E-state index >= 15 is 0 Å². The molecule has 0 aliphatic heterocycles. The first-order valence-electron chi connectivity index (χ1n) is 6.06. The molecule has 0 aliphatic rings. The second-order valence-corrected chi connectivity index (χ2v) is 6.42. The molecule has 0 amide bonds. The van der Waals surface area contributed by atoms with E-state index in [4.69, 9.17) is 0 Å². The standard InChI is InChI=1S/C13H16FN3O2S/c1-8-4-12(14)5-9(2)13(8)20(18,19)16-7-11-6-15-17-10(11)3/h4-6,16H,7H2,1-3H3,(H,15,17). The average molecular weight is 297 g/mol. The summed E-state index contributed by atoms with van der Waals surface area (Å²) in [6, 6.07) is 2.43. The molecule has 0 bridgehead atoms. The molecule has 0 spiro atoms. The third kappa shape index (κ3) is 2.88. The van der Waals surface area contributed by atoms with Gasteiger partial charge in [-0.1, -0.05) is 0 Å². The van der Waals surface area contributed by atoms with E-state index in [9.17, 15) is 12.8 Å². The smallest absolute Gasteiger partial charge is 0.241 e. The van der Waals surface area contributed by atoms with Gasteiger partial charge in [0, 0.05) is 17.8 Å². The van der Waals surface area contributed by atoms with Gasteiger partial charge in [-0.3, -0.25) is 5.10 Å². The zero-order chi connectivity index (χ0) is 14.9. The fourth-order valence-electron chi connectivity index (χ4n) is 2.12. The average Bonchev–Trinajstić information content (AvgIpc) is 2.70. The molecular formula is C13H16FN3O2S. The second kappa shape index (κ2) is 5.34. The number of aromatic amines is 1. The lowest BCUT2D eigenvalue weighted by Gasteiger charge is -2.12. The van der Waals surface area contributed by atoms with Gasteiger partial charge in [-0.15, -0.1) is 0 Å². The summed E-state index contributed by atoms with van der Waals surface area (Å²) in [6.45, 7) is 5.10. The topological polar surface area (TPSA) is 74.8 Å². The van der Waals surface area contributed by atoms with Crippen molar-refractivity contribution in [2.75, 3.05) is 0 Å². The molecular weight excluding hydrogens is 281 g/mol. The Balaban J connectivity index is 2.30. The first-order valence-corrected chi connectivity index (χ1v) is 7.55. The van der Waals surface area contributed by atoms with E-state index in [0.717, 1.165) is 11.3 Å². The first kappa shape index (κ1) is 14.7. The maximum absolute atomic E-state index is 13.2. The van der Waals surface area contributed by atoms with E-state index < -0.39 is 15.8 Å². The van der Waals surface area contributed by atoms with Crippen molar-refractivity contribution in [1.82, 2.24) is 14.9 Å². The van der Waals surface area contributed by atoms with Gasteiger partial charge >= 0.3 is 0 Å². The summed E-state index contributed by atoms with van der Waals surface area (Å²) >= 11 is 0. The van der Waals surface area contributed by atoms with E-state index in [1.165, 1.54) is 12.1 Å². The van der Waals surface area contributed by atoms with Gasteiger partial charge in [-0.05, 0) is 44.0 Å². The number of halogens is 1. The highest BCUT2D eigenvalue weighted by atomic mass is 32.2. The monoisotopic (exact) mass is 297 g/mol. The molecule has 0 unspecified atom stereocenters. The van der Waals surface area contributed by atoms with E-state index in [2.05, 4.69) is 14.9 Å². The molecule has 0 atom stereocenters. The molecule has 0 fully saturated rings. The minimum absolute atomic E-state index is 0.125. The van der Waals surface area contributed by atoms with Crippen molar-refractivity contribution in [3.63, 3.8) is 0 Å². The highest BCUT2D eigenvalue weighted by Crippen LogP contribution is 2.21. The molecule has 5 nitrogen and oxygen atoms in total. The number of rotatable bonds is 4. The fourth-order valence-corrected chi connectivity index (χ4v) is 3.58. The van der Waals surface area contributed by atoms with Crippen LogP contribution in [0.25, 0.3) is 0 Å². The molecule has 108 valence electrons. The minimum Gasteiger partial charge on any atom is -0.283 e. The maximum Gasteiger partial charge on any atom is 0.241 e. The van der Waals surface area contributed by atoms with Crippen LogP contribution in [0.3, 0.4) is 0 Å². The van der Waals surface area contributed by atoms with Crippen LogP contribution in [0.15, 0.2) is 23.2 Å². The number of H-pyrrole nitrogens is 1. The van der Waals surface area contributed by atoms with Crippen molar-refractivity contribution in [2.24, 2.45) is 0 Å². The molecule has 0 aliphatic carbocycles. The zero-order valence-electron chi connectivity index (χ0n) is 11.5. The third-order valence-corrected chi connectivity index (χ3v) is 4.79. The van der Waals surface area contributed by atoms with Crippen LogP contribution in [0.4, 0.5) is 4.39 Å². The molecule has 1 heterocycles. The quantitative estimate of drug-likeness (QED) is 0.905. The molecule has 1 aromatic heterocycles. The number of sulfonamides is 1. The van der Waals surface area contributed by atoms with Crippen LogP contribution in [0.2, 0.25) is 0 Å². The van der Waals surface area contributed by atoms with Crippen LogP contribution in [0.1, 0.15) is 22.4 Å². The Morgan fingerprint density at radius 2 is 1.85 bits per heavy atom. The maximum atomic E-state index is 13.2. The molecule has 2 N–H and O–H groups in total. The molecule has 0 saturated heterocycles. The van der Waals surface area contributed by atoms with E-state index in [0.29, 0.717) is 11.1 Å². The third-order valence-electron chi connectivity index (χ3n) is 3.08. The minimum atomic E-state index is -3.69. The summed E-state index contributed by atoms with van der Waals surface area (Å²) < 4.78 is 40.4. The Hall–Kier alpha value is -1.73. The Morgan fingerprint density at radius 3 is 2.35 bits per heavy atom. The van der Waals surface area contributed by atoms with Gasteiger partial charge in [-0.25, -0.2) is 17.5 Å². The molecule has 0 radical (unpaired) electrons. The molecule has 2 aromatic rings. The summed E-state index contributed by atoms with van der Waals surface area (Å²) in [5.74, 6) is -0.440. The van der Waals surface area contributed by atoms with Gasteiger partial charge in [0.05, 0.1) is 11.1 Å². The second-order valence-electron chi connectivity index (χ2n) is 4.71. The number of hydrogen-bond acceptors (Lipinski definition) is 3. The van der Waals surface area contributed by atoms with Crippen LogP contribution in [0.5, 0.6) is 0 Å².